The van der Waals surface area contributed by atoms with Gasteiger partial charge in [0.2, 0.25) is 0 Å². The second-order valence-electron chi connectivity index (χ2n) is 4.21. The third-order valence-corrected chi connectivity index (χ3v) is 3.29. The maximum atomic E-state index is 6.05. The van der Waals surface area contributed by atoms with E-state index in [-0.39, 0.29) is 6.04 Å². The normalized spacial score (nSPS) is 13.2. The van der Waals surface area contributed by atoms with E-state index in [0.717, 1.165) is 34.0 Å². The predicted octanol–water partition coefficient (Wildman–Crippen LogP) is 4.30. The molecule has 1 atom stereocenters. The lowest BCUT2D eigenvalue weighted by molar-refractivity contribution is 0.474. The summed E-state index contributed by atoms with van der Waals surface area (Å²) in [6, 6.07) is 6.23. The number of rotatable bonds is 3. The molecule has 0 bridgehead atoms. The smallest absolute Gasteiger partial charge is 0.148 e. The Bertz CT molecular complexity index is 504. The van der Waals surface area contributed by atoms with E-state index in [1.54, 1.807) is 0 Å². The van der Waals surface area contributed by atoms with Gasteiger partial charge in [0.1, 0.15) is 11.3 Å². The number of hydrogen-bond donors (Lipinski definition) is 1. The van der Waals surface area contributed by atoms with Crippen LogP contribution in [0.5, 0.6) is 0 Å². The van der Waals surface area contributed by atoms with Gasteiger partial charge in [0.05, 0.1) is 10.5 Å². The highest BCUT2D eigenvalue weighted by Gasteiger charge is 2.13. The van der Waals surface area contributed by atoms with E-state index in [4.69, 9.17) is 10.2 Å². The van der Waals surface area contributed by atoms with Crippen molar-refractivity contribution in [2.24, 2.45) is 5.73 Å². The molecule has 0 saturated heterocycles. The fraction of sp³-hybridized carbons (Fsp3) is 0.385. The Morgan fingerprint density at radius 2 is 2.12 bits per heavy atom. The molecule has 16 heavy (non-hydrogen) atoms. The summed E-state index contributed by atoms with van der Waals surface area (Å²) >= 11 is 3.51. The summed E-state index contributed by atoms with van der Waals surface area (Å²) in [6.07, 6.45) is 2.02. The molecule has 1 heterocycles. The van der Waals surface area contributed by atoms with E-state index in [1.165, 1.54) is 5.56 Å². The van der Waals surface area contributed by atoms with Crippen molar-refractivity contribution in [2.45, 2.75) is 32.7 Å². The van der Waals surface area contributed by atoms with E-state index in [9.17, 15) is 0 Å². The fourth-order valence-electron chi connectivity index (χ4n) is 1.91. The van der Waals surface area contributed by atoms with Gasteiger partial charge >= 0.3 is 0 Å². The number of furan rings is 1. The molecule has 0 amide bonds. The standard InChI is InChI=1S/C13H16BrNO/c1-3-4-11(15)12-7-9-5-8(2)6-10(14)13(9)16-12/h5-7,11H,3-4,15H2,1-2H3/t11-/m1/s1. The van der Waals surface area contributed by atoms with Crippen molar-refractivity contribution in [3.05, 3.63) is 34.0 Å². The molecule has 0 spiro atoms. The number of aryl methyl sites for hydroxylation is 1. The molecule has 0 fully saturated rings. The van der Waals surface area contributed by atoms with Gasteiger partial charge < -0.3 is 10.2 Å². The van der Waals surface area contributed by atoms with Crippen LogP contribution >= 0.6 is 15.9 Å². The minimum absolute atomic E-state index is 0.00426. The summed E-state index contributed by atoms with van der Waals surface area (Å²) in [5, 5.41) is 1.12. The van der Waals surface area contributed by atoms with E-state index in [2.05, 4.69) is 41.9 Å². The Labute approximate surface area is 104 Å². The Balaban J connectivity index is 2.47. The van der Waals surface area contributed by atoms with E-state index in [0.29, 0.717) is 0 Å². The Kier molecular flexibility index (Phi) is 3.36. The highest BCUT2D eigenvalue weighted by Crippen LogP contribution is 2.31. The molecule has 2 N–H and O–H groups in total. The lowest BCUT2D eigenvalue weighted by Crippen LogP contribution is -2.08. The molecule has 86 valence electrons. The monoisotopic (exact) mass is 281 g/mol. The van der Waals surface area contributed by atoms with Gasteiger partial charge in [0, 0.05) is 5.39 Å². The first-order valence-electron chi connectivity index (χ1n) is 5.57. The number of nitrogens with two attached hydrogens (primary N) is 1. The minimum atomic E-state index is 0.00426. The van der Waals surface area contributed by atoms with Gasteiger partial charge in [-0.15, -0.1) is 0 Å². The zero-order valence-electron chi connectivity index (χ0n) is 9.59. The van der Waals surface area contributed by atoms with Gasteiger partial charge in [0.15, 0.2) is 0 Å². The second-order valence-corrected chi connectivity index (χ2v) is 5.06. The molecule has 0 unspecified atom stereocenters. The molecule has 3 heteroatoms. The van der Waals surface area contributed by atoms with Gasteiger partial charge in [-0.3, -0.25) is 0 Å². The largest absolute Gasteiger partial charge is 0.458 e. The SMILES string of the molecule is CCC[C@@H](N)c1cc2cc(C)cc(Br)c2o1. The number of benzene rings is 1. The zero-order chi connectivity index (χ0) is 11.7. The Hall–Kier alpha value is -0.800. The highest BCUT2D eigenvalue weighted by atomic mass is 79.9. The average Bonchev–Trinajstić information content (AvgIpc) is 2.62. The molecule has 1 aromatic carbocycles. The van der Waals surface area contributed by atoms with Gasteiger partial charge in [-0.1, -0.05) is 13.3 Å². The lowest BCUT2D eigenvalue weighted by Gasteiger charge is -2.05. The van der Waals surface area contributed by atoms with Crippen molar-refractivity contribution in [3.63, 3.8) is 0 Å². The molecule has 0 aliphatic carbocycles. The first-order chi connectivity index (χ1) is 7.61. The topological polar surface area (TPSA) is 39.2 Å². The fourth-order valence-corrected chi connectivity index (χ4v) is 2.58. The van der Waals surface area contributed by atoms with Crippen LogP contribution in [-0.4, -0.2) is 0 Å². The number of fused-ring (bicyclic) bond motifs is 1. The Morgan fingerprint density at radius 1 is 1.38 bits per heavy atom. The minimum Gasteiger partial charge on any atom is -0.458 e. The van der Waals surface area contributed by atoms with Crippen LogP contribution in [0.2, 0.25) is 0 Å². The summed E-state index contributed by atoms with van der Waals surface area (Å²) in [6.45, 7) is 4.20. The van der Waals surface area contributed by atoms with Gasteiger partial charge in [-0.2, -0.15) is 0 Å². The molecule has 0 aliphatic heterocycles. The van der Waals surface area contributed by atoms with Crippen molar-refractivity contribution in [3.8, 4) is 0 Å². The first kappa shape index (κ1) is 11.7. The van der Waals surface area contributed by atoms with Gasteiger partial charge in [0.25, 0.3) is 0 Å². The molecular weight excluding hydrogens is 266 g/mol. The van der Waals surface area contributed by atoms with Crippen LogP contribution < -0.4 is 5.73 Å². The molecule has 2 aromatic rings. The van der Waals surface area contributed by atoms with Crippen LogP contribution in [0.4, 0.5) is 0 Å². The van der Waals surface area contributed by atoms with Crippen molar-refractivity contribution in [1.29, 1.82) is 0 Å². The quantitative estimate of drug-likeness (QED) is 0.911. The number of hydrogen-bond acceptors (Lipinski definition) is 2. The van der Waals surface area contributed by atoms with Crippen LogP contribution in [0.3, 0.4) is 0 Å². The molecule has 0 radical (unpaired) electrons. The van der Waals surface area contributed by atoms with Crippen molar-refractivity contribution in [2.75, 3.05) is 0 Å². The molecule has 2 nitrogen and oxygen atoms in total. The summed E-state index contributed by atoms with van der Waals surface area (Å²) in [4.78, 5) is 0. The van der Waals surface area contributed by atoms with E-state index >= 15 is 0 Å². The summed E-state index contributed by atoms with van der Waals surface area (Å²) in [5.41, 5.74) is 8.16. The van der Waals surface area contributed by atoms with Gasteiger partial charge in [-0.25, -0.2) is 0 Å². The summed E-state index contributed by atoms with van der Waals surface area (Å²) in [7, 11) is 0. The number of halogens is 1. The first-order valence-corrected chi connectivity index (χ1v) is 6.36. The van der Waals surface area contributed by atoms with Crippen LogP contribution in [0, 0.1) is 6.92 Å². The van der Waals surface area contributed by atoms with Crippen molar-refractivity contribution in [1.82, 2.24) is 0 Å². The Morgan fingerprint density at radius 3 is 2.81 bits per heavy atom. The van der Waals surface area contributed by atoms with Crippen molar-refractivity contribution < 1.29 is 4.42 Å². The maximum Gasteiger partial charge on any atom is 0.148 e. The van der Waals surface area contributed by atoms with E-state index < -0.39 is 0 Å². The second kappa shape index (κ2) is 4.60. The lowest BCUT2D eigenvalue weighted by atomic mass is 10.1. The third-order valence-electron chi connectivity index (χ3n) is 2.70. The maximum absolute atomic E-state index is 6.05. The molecule has 1 aromatic heterocycles. The third kappa shape index (κ3) is 2.15. The summed E-state index contributed by atoms with van der Waals surface area (Å²) < 4.78 is 6.79. The van der Waals surface area contributed by atoms with Crippen LogP contribution in [0.25, 0.3) is 11.0 Å². The van der Waals surface area contributed by atoms with Crippen LogP contribution in [-0.2, 0) is 0 Å². The van der Waals surface area contributed by atoms with Gasteiger partial charge in [-0.05, 0) is 53.0 Å². The zero-order valence-corrected chi connectivity index (χ0v) is 11.2. The van der Waals surface area contributed by atoms with E-state index in [1.807, 2.05) is 6.07 Å². The summed E-state index contributed by atoms with van der Waals surface area (Å²) in [5.74, 6) is 0.878. The highest BCUT2D eigenvalue weighted by molar-refractivity contribution is 9.10. The molecule has 0 saturated carbocycles. The molecule has 0 aliphatic rings. The average molecular weight is 282 g/mol. The van der Waals surface area contributed by atoms with Crippen molar-refractivity contribution >= 4 is 26.9 Å². The van der Waals surface area contributed by atoms with Crippen LogP contribution in [0.1, 0.15) is 37.1 Å². The predicted molar refractivity (Wildman–Crippen MR) is 70.5 cm³/mol. The van der Waals surface area contributed by atoms with Crippen LogP contribution in [0.15, 0.2) is 27.1 Å². The molecular formula is C13H16BrNO. The molecule has 2 rings (SSSR count).